The number of benzene rings is 2. The summed E-state index contributed by atoms with van der Waals surface area (Å²) in [5.41, 5.74) is 1.41. The van der Waals surface area contributed by atoms with Gasteiger partial charge in [-0.3, -0.25) is 0 Å². The fraction of sp³-hybridized carbons (Fsp3) is 0.133. The number of carboxylic acid groups (broad SMARTS) is 1. The van der Waals surface area contributed by atoms with Gasteiger partial charge in [0.05, 0.1) is 5.97 Å². The molecule has 19 heavy (non-hydrogen) atoms. The van der Waals surface area contributed by atoms with Gasteiger partial charge >= 0.3 is 51.4 Å². The molecule has 0 aromatic heterocycles. The molecule has 0 atom stereocenters. The van der Waals surface area contributed by atoms with E-state index in [2.05, 4.69) is 0 Å². The van der Waals surface area contributed by atoms with E-state index in [0.29, 0.717) is 0 Å². The van der Waals surface area contributed by atoms with Crippen LogP contribution in [-0.2, 0) is 6.42 Å². The monoisotopic (exact) mass is 282 g/mol. The Morgan fingerprint density at radius 3 is 1.79 bits per heavy atom. The first-order chi connectivity index (χ1) is 8.74. The molecular formula is C15H15KO3. The molecule has 0 heterocycles. The van der Waals surface area contributed by atoms with E-state index in [4.69, 9.17) is 5.11 Å². The summed E-state index contributed by atoms with van der Waals surface area (Å²) in [6.07, 6.45) is 0.765. The summed E-state index contributed by atoms with van der Waals surface area (Å²) >= 11 is 0. The molecule has 2 rings (SSSR count). The van der Waals surface area contributed by atoms with Crippen LogP contribution in [0.1, 0.15) is 15.9 Å². The minimum absolute atomic E-state index is 0. The first kappa shape index (κ1) is 18.5. The number of aliphatic hydroxyl groups is 1. The van der Waals surface area contributed by atoms with Crippen LogP contribution in [0.25, 0.3) is 0 Å². The van der Waals surface area contributed by atoms with Gasteiger partial charge in [0.15, 0.2) is 0 Å². The molecule has 0 unspecified atom stereocenters. The van der Waals surface area contributed by atoms with Crippen LogP contribution in [0.15, 0.2) is 60.7 Å². The van der Waals surface area contributed by atoms with E-state index in [1.165, 1.54) is 17.7 Å². The summed E-state index contributed by atoms with van der Waals surface area (Å²) < 4.78 is 0. The maximum atomic E-state index is 10.1. The number of carbonyl (C=O) groups is 1. The predicted molar refractivity (Wildman–Crippen MR) is 68.0 cm³/mol. The van der Waals surface area contributed by atoms with Crippen LogP contribution in [0, 0.1) is 0 Å². The number of carbonyl (C=O) groups excluding carboxylic acids is 1. The van der Waals surface area contributed by atoms with Crippen molar-refractivity contribution in [2.45, 2.75) is 6.42 Å². The fourth-order valence-electron chi connectivity index (χ4n) is 1.35. The zero-order valence-electron chi connectivity index (χ0n) is 11.0. The van der Waals surface area contributed by atoms with Crippen LogP contribution in [0.3, 0.4) is 0 Å². The van der Waals surface area contributed by atoms with E-state index < -0.39 is 5.97 Å². The number of aromatic carboxylic acids is 1. The molecule has 0 aliphatic carbocycles. The third-order valence-electron chi connectivity index (χ3n) is 2.25. The van der Waals surface area contributed by atoms with Crippen molar-refractivity contribution in [3.63, 3.8) is 0 Å². The Bertz CT molecular complexity index is 457. The maximum absolute atomic E-state index is 10.1. The average molecular weight is 282 g/mol. The Kier molecular flexibility index (Phi) is 11.0. The molecule has 0 fully saturated rings. The van der Waals surface area contributed by atoms with Crippen LogP contribution in [0.2, 0.25) is 0 Å². The number of carboxylic acids is 1. The smallest absolute Gasteiger partial charge is 0.545 e. The first-order valence-electron chi connectivity index (χ1n) is 5.65. The Morgan fingerprint density at radius 1 is 0.947 bits per heavy atom. The van der Waals surface area contributed by atoms with Gasteiger partial charge in [-0.2, -0.15) is 0 Å². The van der Waals surface area contributed by atoms with Crippen molar-refractivity contribution in [2.75, 3.05) is 6.61 Å². The zero-order valence-corrected chi connectivity index (χ0v) is 14.1. The molecule has 0 aliphatic rings. The van der Waals surface area contributed by atoms with Crippen molar-refractivity contribution >= 4 is 5.97 Å². The van der Waals surface area contributed by atoms with E-state index >= 15 is 0 Å². The maximum Gasteiger partial charge on any atom is 1.00 e. The Morgan fingerprint density at radius 2 is 1.42 bits per heavy atom. The van der Waals surface area contributed by atoms with Crippen molar-refractivity contribution in [2.24, 2.45) is 0 Å². The summed E-state index contributed by atoms with van der Waals surface area (Å²) in [5, 5.41) is 18.6. The van der Waals surface area contributed by atoms with E-state index in [0.717, 1.165) is 6.42 Å². The molecule has 0 amide bonds. The van der Waals surface area contributed by atoms with E-state index in [1.807, 2.05) is 30.3 Å². The van der Waals surface area contributed by atoms with Crippen LogP contribution in [0.5, 0.6) is 0 Å². The van der Waals surface area contributed by atoms with Gasteiger partial charge in [-0.25, -0.2) is 0 Å². The van der Waals surface area contributed by atoms with Gasteiger partial charge in [-0.05, 0) is 17.5 Å². The SMILES string of the molecule is O=C([O-])c1ccccc1.OCCc1ccccc1.[K+]. The molecule has 2 aromatic rings. The van der Waals surface area contributed by atoms with Gasteiger partial charge in [-0.15, -0.1) is 0 Å². The van der Waals surface area contributed by atoms with Gasteiger partial charge < -0.3 is 15.0 Å². The summed E-state index contributed by atoms with van der Waals surface area (Å²) in [4.78, 5) is 10.1. The molecule has 0 saturated heterocycles. The van der Waals surface area contributed by atoms with E-state index in [1.54, 1.807) is 18.2 Å². The third kappa shape index (κ3) is 8.31. The molecule has 94 valence electrons. The van der Waals surface area contributed by atoms with Gasteiger partial charge in [0, 0.05) is 6.61 Å². The molecule has 0 saturated carbocycles. The van der Waals surface area contributed by atoms with Gasteiger partial charge in [-0.1, -0.05) is 60.7 Å². The predicted octanol–water partition coefficient (Wildman–Crippen LogP) is -1.72. The summed E-state index contributed by atoms with van der Waals surface area (Å²) in [6.45, 7) is 0.240. The van der Waals surface area contributed by atoms with E-state index in [-0.39, 0.29) is 63.6 Å². The number of hydrogen-bond acceptors (Lipinski definition) is 3. The Balaban J connectivity index is 0.000000324. The molecule has 0 aliphatic heterocycles. The topological polar surface area (TPSA) is 60.4 Å². The summed E-state index contributed by atoms with van der Waals surface area (Å²) in [5.74, 6) is -1.13. The van der Waals surface area contributed by atoms with Crippen LogP contribution < -0.4 is 56.5 Å². The molecule has 3 nitrogen and oxygen atoms in total. The second-order valence-electron chi connectivity index (χ2n) is 3.61. The molecule has 4 heteroatoms. The summed E-state index contributed by atoms with van der Waals surface area (Å²) in [7, 11) is 0. The first-order valence-corrected chi connectivity index (χ1v) is 5.65. The molecule has 1 N–H and O–H groups in total. The van der Waals surface area contributed by atoms with Crippen molar-refractivity contribution < 1.29 is 66.4 Å². The van der Waals surface area contributed by atoms with Crippen LogP contribution >= 0.6 is 0 Å². The molecule has 2 aromatic carbocycles. The van der Waals surface area contributed by atoms with Crippen molar-refractivity contribution in [1.82, 2.24) is 0 Å². The molecule has 0 spiro atoms. The average Bonchev–Trinajstić information content (AvgIpc) is 2.42. The van der Waals surface area contributed by atoms with Crippen LogP contribution in [-0.4, -0.2) is 17.7 Å². The molecule has 0 radical (unpaired) electrons. The van der Waals surface area contributed by atoms with Crippen molar-refractivity contribution in [3.05, 3.63) is 71.8 Å². The zero-order chi connectivity index (χ0) is 13.2. The largest absolute Gasteiger partial charge is 1.00 e. The number of rotatable bonds is 3. The second-order valence-corrected chi connectivity index (χ2v) is 3.61. The van der Waals surface area contributed by atoms with Crippen molar-refractivity contribution in [3.8, 4) is 0 Å². The normalized spacial score (nSPS) is 8.68. The number of aliphatic hydroxyl groups excluding tert-OH is 1. The minimum Gasteiger partial charge on any atom is -0.545 e. The number of hydrogen-bond donors (Lipinski definition) is 1. The Hall–Kier alpha value is -0.494. The second kappa shape index (κ2) is 11.3. The standard InChI is InChI=1S/C8H10O.C7H6O2.K/c9-7-6-8-4-2-1-3-5-8;8-7(9)6-4-2-1-3-5-6;/h1-5,9H,6-7H2;1-5H,(H,8,9);/q;;+1/p-1. The minimum atomic E-state index is -1.13. The van der Waals surface area contributed by atoms with Crippen molar-refractivity contribution in [1.29, 1.82) is 0 Å². The summed E-state index contributed by atoms with van der Waals surface area (Å²) in [6, 6.07) is 18.0. The van der Waals surface area contributed by atoms with Crippen LogP contribution in [0.4, 0.5) is 0 Å². The van der Waals surface area contributed by atoms with Gasteiger partial charge in [0.1, 0.15) is 0 Å². The molecule has 0 bridgehead atoms. The van der Waals surface area contributed by atoms with Gasteiger partial charge in [0.2, 0.25) is 0 Å². The quantitative estimate of drug-likeness (QED) is 0.681. The van der Waals surface area contributed by atoms with E-state index in [9.17, 15) is 9.90 Å². The Labute approximate surface area is 155 Å². The van der Waals surface area contributed by atoms with Gasteiger partial charge in [0.25, 0.3) is 0 Å². The fourth-order valence-corrected chi connectivity index (χ4v) is 1.35. The third-order valence-corrected chi connectivity index (χ3v) is 2.25. The molecular weight excluding hydrogens is 267 g/mol.